The molecule has 18 heavy (non-hydrogen) atoms. The van der Waals surface area contributed by atoms with Gasteiger partial charge in [0, 0.05) is 32.2 Å². The molecule has 0 radical (unpaired) electrons. The van der Waals surface area contributed by atoms with Gasteiger partial charge in [-0.15, -0.1) is 0 Å². The van der Waals surface area contributed by atoms with Crippen molar-refractivity contribution in [1.82, 2.24) is 9.80 Å². The van der Waals surface area contributed by atoms with E-state index < -0.39 is 5.82 Å². The van der Waals surface area contributed by atoms with Crippen molar-refractivity contribution < 1.29 is 9.18 Å². The van der Waals surface area contributed by atoms with Gasteiger partial charge in [-0.1, -0.05) is 12.1 Å². The van der Waals surface area contributed by atoms with Crippen molar-refractivity contribution in [2.24, 2.45) is 0 Å². The van der Waals surface area contributed by atoms with Crippen molar-refractivity contribution in [3.8, 4) is 0 Å². The van der Waals surface area contributed by atoms with E-state index in [9.17, 15) is 9.18 Å². The summed E-state index contributed by atoms with van der Waals surface area (Å²) in [6.07, 6.45) is 2.59. The molecule has 3 rings (SSSR count). The van der Waals surface area contributed by atoms with Gasteiger partial charge >= 0.3 is 0 Å². The summed E-state index contributed by atoms with van der Waals surface area (Å²) in [5.74, 6) is -0.601. The number of carbonyl (C=O) groups is 1. The van der Waals surface area contributed by atoms with Crippen molar-refractivity contribution >= 4 is 5.91 Å². The molecule has 0 atom stereocenters. The second-order valence-electron chi connectivity index (χ2n) is 5.04. The van der Waals surface area contributed by atoms with E-state index in [0.717, 1.165) is 19.1 Å². The molecule has 1 aliphatic carbocycles. The summed E-state index contributed by atoms with van der Waals surface area (Å²) >= 11 is 0. The molecule has 1 saturated heterocycles. The second kappa shape index (κ2) is 4.69. The van der Waals surface area contributed by atoms with Crippen LogP contribution in [0.2, 0.25) is 0 Å². The molecule has 1 saturated carbocycles. The van der Waals surface area contributed by atoms with E-state index in [1.165, 1.54) is 18.9 Å². The second-order valence-corrected chi connectivity index (χ2v) is 5.04. The first-order chi connectivity index (χ1) is 8.75. The Morgan fingerprint density at radius 2 is 1.78 bits per heavy atom. The molecule has 4 heteroatoms. The first-order valence-electron chi connectivity index (χ1n) is 6.53. The summed E-state index contributed by atoms with van der Waals surface area (Å²) in [6.45, 7) is 3.27. The molecule has 1 aromatic rings. The topological polar surface area (TPSA) is 23.6 Å². The van der Waals surface area contributed by atoms with Gasteiger partial charge in [-0.25, -0.2) is 4.39 Å². The maximum Gasteiger partial charge on any atom is 0.256 e. The third-order valence-electron chi connectivity index (χ3n) is 3.77. The van der Waals surface area contributed by atoms with Crippen LogP contribution >= 0.6 is 0 Å². The number of carbonyl (C=O) groups excluding carboxylic acids is 1. The Morgan fingerprint density at radius 3 is 2.39 bits per heavy atom. The van der Waals surface area contributed by atoms with E-state index in [1.807, 2.05) is 0 Å². The lowest BCUT2D eigenvalue weighted by Gasteiger charge is -2.34. The van der Waals surface area contributed by atoms with Crippen LogP contribution in [0.4, 0.5) is 4.39 Å². The minimum atomic E-state index is -0.424. The summed E-state index contributed by atoms with van der Waals surface area (Å²) in [4.78, 5) is 16.4. The Hall–Kier alpha value is -1.42. The van der Waals surface area contributed by atoms with Gasteiger partial charge in [-0.05, 0) is 25.0 Å². The Bertz CT molecular complexity index is 451. The lowest BCUT2D eigenvalue weighted by molar-refractivity contribution is 0.0623. The molecule has 0 bridgehead atoms. The number of hydrogen-bond acceptors (Lipinski definition) is 2. The minimum Gasteiger partial charge on any atom is -0.336 e. The predicted molar refractivity (Wildman–Crippen MR) is 66.9 cm³/mol. The van der Waals surface area contributed by atoms with Crippen LogP contribution in [0, 0.1) is 5.82 Å². The molecular weight excluding hydrogens is 231 g/mol. The van der Waals surface area contributed by atoms with Gasteiger partial charge in [0.1, 0.15) is 5.82 Å². The Balaban J connectivity index is 1.65. The molecular formula is C14H17FN2O. The maximum atomic E-state index is 13.6. The predicted octanol–water partition coefficient (Wildman–Crippen LogP) is 1.75. The summed E-state index contributed by atoms with van der Waals surface area (Å²) in [7, 11) is 0. The number of piperazine rings is 1. The van der Waals surface area contributed by atoms with E-state index >= 15 is 0 Å². The Kier molecular flexibility index (Phi) is 3.04. The third-order valence-corrected chi connectivity index (χ3v) is 3.77. The molecule has 3 nitrogen and oxygen atoms in total. The molecule has 2 aliphatic rings. The molecule has 1 aromatic carbocycles. The third kappa shape index (κ3) is 2.25. The number of nitrogens with zero attached hydrogens (tertiary/aromatic N) is 2. The maximum absolute atomic E-state index is 13.6. The average Bonchev–Trinajstić information content (AvgIpc) is 3.23. The normalized spacial score (nSPS) is 21.1. The number of benzene rings is 1. The van der Waals surface area contributed by atoms with Crippen LogP contribution in [-0.4, -0.2) is 47.9 Å². The van der Waals surface area contributed by atoms with E-state index in [-0.39, 0.29) is 11.5 Å². The zero-order valence-electron chi connectivity index (χ0n) is 10.3. The highest BCUT2D eigenvalue weighted by molar-refractivity contribution is 5.94. The highest BCUT2D eigenvalue weighted by Gasteiger charge is 2.32. The van der Waals surface area contributed by atoms with Crippen LogP contribution < -0.4 is 0 Å². The van der Waals surface area contributed by atoms with Crippen LogP contribution in [0.5, 0.6) is 0 Å². The standard InChI is InChI=1S/C14H17FN2O/c15-13-4-2-1-3-12(13)14(18)17-9-7-16(8-10-17)11-5-6-11/h1-4,11H,5-10H2. The van der Waals surface area contributed by atoms with Gasteiger partial charge in [0.15, 0.2) is 0 Å². The highest BCUT2D eigenvalue weighted by atomic mass is 19.1. The smallest absolute Gasteiger partial charge is 0.256 e. The lowest BCUT2D eigenvalue weighted by atomic mass is 10.1. The van der Waals surface area contributed by atoms with Crippen molar-refractivity contribution in [3.63, 3.8) is 0 Å². The van der Waals surface area contributed by atoms with Crippen LogP contribution in [0.15, 0.2) is 24.3 Å². The fourth-order valence-electron chi connectivity index (χ4n) is 2.53. The minimum absolute atomic E-state index is 0.177. The van der Waals surface area contributed by atoms with Gasteiger partial charge in [-0.3, -0.25) is 9.69 Å². The van der Waals surface area contributed by atoms with Crippen LogP contribution in [0.3, 0.4) is 0 Å². The van der Waals surface area contributed by atoms with E-state index in [1.54, 1.807) is 23.1 Å². The van der Waals surface area contributed by atoms with Crippen LogP contribution in [0.25, 0.3) is 0 Å². The molecule has 0 N–H and O–H groups in total. The van der Waals surface area contributed by atoms with Gasteiger partial charge in [0.25, 0.3) is 5.91 Å². The van der Waals surface area contributed by atoms with E-state index in [0.29, 0.717) is 13.1 Å². The summed E-state index contributed by atoms with van der Waals surface area (Å²) < 4.78 is 13.6. The first kappa shape index (κ1) is 11.7. The van der Waals surface area contributed by atoms with E-state index in [4.69, 9.17) is 0 Å². The van der Waals surface area contributed by atoms with Crippen molar-refractivity contribution in [2.75, 3.05) is 26.2 Å². The number of amides is 1. The molecule has 2 fully saturated rings. The zero-order chi connectivity index (χ0) is 12.5. The molecule has 1 amide bonds. The largest absolute Gasteiger partial charge is 0.336 e. The van der Waals surface area contributed by atoms with Gasteiger partial charge in [0.2, 0.25) is 0 Å². The lowest BCUT2D eigenvalue weighted by Crippen LogP contribution is -2.49. The monoisotopic (exact) mass is 248 g/mol. The SMILES string of the molecule is O=C(c1ccccc1F)N1CCN(C2CC2)CC1. The molecule has 0 aromatic heterocycles. The number of halogens is 1. The van der Waals surface area contributed by atoms with Gasteiger partial charge in [-0.2, -0.15) is 0 Å². The first-order valence-corrected chi connectivity index (χ1v) is 6.53. The molecule has 0 spiro atoms. The summed E-state index contributed by atoms with van der Waals surface area (Å²) in [5.41, 5.74) is 0.192. The molecule has 96 valence electrons. The van der Waals surface area contributed by atoms with Crippen LogP contribution in [-0.2, 0) is 0 Å². The number of hydrogen-bond donors (Lipinski definition) is 0. The summed E-state index contributed by atoms with van der Waals surface area (Å²) in [5, 5.41) is 0. The highest BCUT2D eigenvalue weighted by Crippen LogP contribution is 2.27. The van der Waals surface area contributed by atoms with Crippen LogP contribution in [0.1, 0.15) is 23.2 Å². The molecule has 1 aliphatic heterocycles. The van der Waals surface area contributed by atoms with Crippen molar-refractivity contribution in [3.05, 3.63) is 35.6 Å². The Labute approximate surface area is 106 Å². The Morgan fingerprint density at radius 1 is 1.11 bits per heavy atom. The van der Waals surface area contributed by atoms with Crippen molar-refractivity contribution in [2.45, 2.75) is 18.9 Å². The van der Waals surface area contributed by atoms with E-state index in [2.05, 4.69) is 4.90 Å². The molecule has 1 heterocycles. The molecule has 0 unspecified atom stereocenters. The zero-order valence-corrected chi connectivity index (χ0v) is 10.3. The number of rotatable bonds is 2. The average molecular weight is 248 g/mol. The van der Waals surface area contributed by atoms with Gasteiger partial charge in [0.05, 0.1) is 5.56 Å². The summed E-state index contributed by atoms with van der Waals surface area (Å²) in [6, 6.07) is 6.96. The van der Waals surface area contributed by atoms with Crippen molar-refractivity contribution in [1.29, 1.82) is 0 Å². The fourth-order valence-corrected chi connectivity index (χ4v) is 2.53. The fraction of sp³-hybridized carbons (Fsp3) is 0.500. The van der Waals surface area contributed by atoms with Gasteiger partial charge < -0.3 is 4.90 Å². The quantitative estimate of drug-likeness (QED) is 0.796.